The molecule has 0 unspecified atom stereocenters. The van der Waals surface area contributed by atoms with Crippen molar-refractivity contribution in [3.8, 4) is 5.69 Å². The van der Waals surface area contributed by atoms with Crippen molar-refractivity contribution in [2.45, 2.75) is 27.7 Å². The van der Waals surface area contributed by atoms with E-state index in [1.807, 2.05) is 32.0 Å². The van der Waals surface area contributed by atoms with E-state index in [2.05, 4.69) is 15.6 Å². The summed E-state index contributed by atoms with van der Waals surface area (Å²) in [5.74, 6) is -0.732. The molecule has 2 N–H and O–H groups in total. The minimum Gasteiger partial charge on any atom is -0.295 e. The average molecular weight is 407 g/mol. The number of aryl methyl sites for hydroxylation is 3. The number of benzene rings is 2. The predicted octanol–water partition coefficient (Wildman–Crippen LogP) is 3.15. The number of rotatable bonds is 5. The van der Waals surface area contributed by atoms with Crippen LogP contribution >= 0.6 is 0 Å². The lowest BCUT2D eigenvalue weighted by atomic mass is 10.1. The van der Waals surface area contributed by atoms with E-state index >= 15 is 0 Å². The Balaban J connectivity index is 1.91. The highest BCUT2D eigenvalue weighted by Crippen LogP contribution is 2.17. The van der Waals surface area contributed by atoms with Crippen LogP contribution in [0, 0.1) is 30.9 Å². The van der Waals surface area contributed by atoms with Crippen LogP contribution in [-0.4, -0.2) is 26.3 Å². The second kappa shape index (κ2) is 8.16. The van der Waals surface area contributed by atoms with E-state index in [4.69, 9.17) is 0 Å². The Labute approximate surface area is 172 Å². The van der Waals surface area contributed by atoms with Gasteiger partial charge in [0.1, 0.15) is 5.56 Å². The molecule has 0 atom stereocenters. The van der Waals surface area contributed by atoms with E-state index in [0.29, 0.717) is 16.9 Å². The normalized spacial score (nSPS) is 11.4. The Kier molecular flexibility index (Phi) is 5.63. The first-order chi connectivity index (χ1) is 14.2. The maximum atomic E-state index is 12.9. The molecule has 1 aromatic heterocycles. The van der Waals surface area contributed by atoms with Crippen molar-refractivity contribution in [1.82, 2.24) is 15.2 Å². The fraction of sp³-hybridized carbons (Fsp3) is 0.190. The van der Waals surface area contributed by atoms with E-state index < -0.39 is 10.8 Å². The number of para-hydroxylation sites is 1. The molecule has 0 saturated heterocycles. The van der Waals surface area contributed by atoms with Gasteiger partial charge in [0, 0.05) is 11.8 Å². The highest BCUT2D eigenvalue weighted by molar-refractivity contribution is 6.02. The van der Waals surface area contributed by atoms with Crippen LogP contribution in [0.2, 0.25) is 0 Å². The van der Waals surface area contributed by atoms with Gasteiger partial charge in [-0.05, 0) is 57.0 Å². The minimum absolute atomic E-state index is 0.114. The first-order valence-corrected chi connectivity index (χ1v) is 9.18. The van der Waals surface area contributed by atoms with Gasteiger partial charge in [0.15, 0.2) is 0 Å². The lowest BCUT2D eigenvalue weighted by molar-refractivity contribution is -0.385. The Morgan fingerprint density at radius 1 is 1.13 bits per heavy atom. The molecule has 3 rings (SSSR count). The van der Waals surface area contributed by atoms with Crippen molar-refractivity contribution in [3.63, 3.8) is 0 Å². The summed E-state index contributed by atoms with van der Waals surface area (Å²) in [7, 11) is 0. The fourth-order valence-electron chi connectivity index (χ4n) is 3.09. The molecule has 1 heterocycles. The lowest BCUT2D eigenvalue weighted by Crippen LogP contribution is -2.24. The number of aromatic nitrogens is 2. The molecule has 0 aliphatic carbocycles. The van der Waals surface area contributed by atoms with Gasteiger partial charge in [0.2, 0.25) is 0 Å². The van der Waals surface area contributed by atoms with Crippen molar-refractivity contribution in [2.24, 2.45) is 5.10 Å². The molecule has 2 aromatic carbocycles. The van der Waals surface area contributed by atoms with Crippen LogP contribution in [-0.2, 0) is 0 Å². The molecule has 1 amide bonds. The van der Waals surface area contributed by atoms with Crippen molar-refractivity contribution < 1.29 is 9.72 Å². The maximum Gasteiger partial charge on any atom is 0.282 e. The number of amides is 1. The number of hydrogen-bond acceptors (Lipinski definition) is 5. The third-order valence-corrected chi connectivity index (χ3v) is 4.85. The Hall–Kier alpha value is -4.01. The van der Waals surface area contributed by atoms with E-state index in [-0.39, 0.29) is 22.5 Å². The first kappa shape index (κ1) is 20.7. The molecule has 9 heteroatoms. The van der Waals surface area contributed by atoms with Crippen molar-refractivity contribution in [2.75, 3.05) is 0 Å². The smallest absolute Gasteiger partial charge is 0.282 e. The topological polar surface area (TPSA) is 122 Å². The summed E-state index contributed by atoms with van der Waals surface area (Å²) >= 11 is 0. The monoisotopic (exact) mass is 407 g/mol. The number of nitrogens with zero attached hydrogens (tertiary/aromatic N) is 3. The summed E-state index contributed by atoms with van der Waals surface area (Å²) in [5.41, 5.74) is 5.59. The summed E-state index contributed by atoms with van der Waals surface area (Å²) in [6, 6.07) is 11.3. The predicted molar refractivity (Wildman–Crippen MR) is 113 cm³/mol. The summed E-state index contributed by atoms with van der Waals surface area (Å²) in [4.78, 5) is 35.8. The number of nitro benzene ring substituents is 1. The number of carbonyl (C=O) groups is 1. The zero-order valence-corrected chi connectivity index (χ0v) is 17.0. The molecule has 0 aliphatic heterocycles. The second-order valence-electron chi connectivity index (χ2n) is 6.93. The van der Waals surface area contributed by atoms with Gasteiger partial charge in [-0.15, -0.1) is 0 Å². The number of nitro groups is 1. The molecule has 0 aliphatic rings. The number of nitrogens with one attached hydrogen (secondary N) is 2. The number of hydrazone groups is 1. The van der Waals surface area contributed by atoms with Crippen molar-refractivity contribution in [1.29, 1.82) is 0 Å². The summed E-state index contributed by atoms with van der Waals surface area (Å²) in [6.45, 7) is 7.27. The fourth-order valence-corrected chi connectivity index (χ4v) is 3.09. The highest BCUT2D eigenvalue weighted by atomic mass is 16.6. The van der Waals surface area contributed by atoms with E-state index in [9.17, 15) is 19.7 Å². The Morgan fingerprint density at radius 2 is 1.83 bits per heavy atom. The lowest BCUT2D eigenvalue weighted by Gasteiger charge is -2.05. The van der Waals surface area contributed by atoms with Crippen LogP contribution < -0.4 is 11.0 Å². The number of hydrogen-bond donors (Lipinski definition) is 2. The van der Waals surface area contributed by atoms with Crippen LogP contribution in [0.4, 0.5) is 5.69 Å². The van der Waals surface area contributed by atoms with Crippen LogP contribution in [0.25, 0.3) is 5.69 Å². The number of aromatic amines is 1. The quantitative estimate of drug-likeness (QED) is 0.383. The van der Waals surface area contributed by atoms with E-state index in [1.54, 1.807) is 13.8 Å². The summed E-state index contributed by atoms with van der Waals surface area (Å²) < 4.78 is 1.42. The Bertz CT molecular complexity index is 1240. The SMILES string of the molecule is C/C(=N\NC(=O)c1ccccc1[N+](=O)[O-])c1c(C)[nH]n(-c2ccc(C)c(C)c2)c1=O. The van der Waals surface area contributed by atoms with Gasteiger partial charge in [-0.2, -0.15) is 5.10 Å². The van der Waals surface area contributed by atoms with Crippen molar-refractivity contribution in [3.05, 3.63) is 90.9 Å². The van der Waals surface area contributed by atoms with E-state index in [0.717, 1.165) is 11.1 Å². The second-order valence-corrected chi connectivity index (χ2v) is 6.93. The highest BCUT2D eigenvalue weighted by Gasteiger charge is 2.20. The molecule has 0 fully saturated rings. The molecular formula is C21H21N5O4. The standard InChI is InChI=1S/C21H21N5O4/c1-12-9-10-16(11-13(12)2)25-21(28)19(15(4)24-25)14(3)22-23-20(27)17-7-5-6-8-18(17)26(29)30/h5-11,24H,1-4H3,(H,23,27)/b22-14+. The molecule has 0 spiro atoms. The van der Waals surface area contributed by atoms with Crippen LogP contribution in [0.15, 0.2) is 52.4 Å². The molecule has 0 saturated carbocycles. The molecular weight excluding hydrogens is 386 g/mol. The molecule has 3 aromatic rings. The minimum atomic E-state index is -0.732. The molecule has 9 nitrogen and oxygen atoms in total. The molecule has 154 valence electrons. The molecule has 0 bridgehead atoms. The zero-order chi connectivity index (χ0) is 22.0. The van der Waals surface area contributed by atoms with Crippen molar-refractivity contribution >= 4 is 17.3 Å². The molecule has 0 radical (unpaired) electrons. The molecule has 30 heavy (non-hydrogen) atoms. The van der Waals surface area contributed by atoms with Crippen LogP contribution in [0.5, 0.6) is 0 Å². The van der Waals surface area contributed by atoms with Gasteiger partial charge in [-0.3, -0.25) is 24.8 Å². The summed E-state index contributed by atoms with van der Waals surface area (Å²) in [6.07, 6.45) is 0. The van der Waals surface area contributed by atoms with Gasteiger partial charge in [0.05, 0.1) is 21.9 Å². The van der Waals surface area contributed by atoms with Crippen LogP contribution in [0.3, 0.4) is 0 Å². The number of carbonyl (C=O) groups excluding carboxylic acids is 1. The number of H-pyrrole nitrogens is 1. The van der Waals surface area contributed by atoms with Gasteiger partial charge >= 0.3 is 0 Å². The van der Waals surface area contributed by atoms with Crippen LogP contribution in [0.1, 0.15) is 39.7 Å². The third-order valence-electron chi connectivity index (χ3n) is 4.85. The maximum absolute atomic E-state index is 12.9. The largest absolute Gasteiger partial charge is 0.295 e. The van der Waals surface area contributed by atoms with Gasteiger partial charge in [-0.25, -0.2) is 10.1 Å². The summed E-state index contributed by atoms with van der Waals surface area (Å²) in [5, 5.41) is 18.1. The zero-order valence-electron chi connectivity index (χ0n) is 17.0. The Morgan fingerprint density at radius 3 is 2.50 bits per heavy atom. The average Bonchev–Trinajstić information content (AvgIpc) is 3.02. The van der Waals surface area contributed by atoms with Gasteiger partial charge in [-0.1, -0.05) is 18.2 Å². The third kappa shape index (κ3) is 3.90. The van der Waals surface area contributed by atoms with Gasteiger partial charge < -0.3 is 0 Å². The van der Waals surface area contributed by atoms with E-state index in [1.165, 1.54) is 28.9 Å². The first-order valence-electron chi connectivity index (χ1n) is 9.18. The van der Waals surface area contributed by atoms with Gasteiger partial charge in [0.25, 0.3) is 17.2 Å².